The Kier molecular flexibility index (Phi) is 3.81. The fraction of sp³-hybridized carbons (Fsp3) is 0.588. The Labute approximate surface area is 142 Å². The second kappa shape index (κ2) is 5.83. The summed E-state index contributed by atoms with van der Waals surface area (Å²) in [6.45, 7) is 0. The molecule has 4 aliphatic carbocycles. The molecule has 4 saturated carbocycles. The Morgan fingerprint density at radius 3 is 2.35 bits per heavy atom. The molecule has 1 heterocycles. The lowest BCUT2D eigenvalue weighted by molar-refractivity contribution is -0.0122. The number of rotatable bonds is 3. The standard InChI is InChI=1S/C17H23N5S/c18-20-16(23)22-21-15(14-3-1-2-4-19-14)17-8-11-5-12(9-17)7-13(6-11)10-17/h1-4,11-13H,5-10,18H2,(H2,20,22,23)/b21-15+. The number of nitrogens with one attached hydrogen (secondary N) is 2. The molecule has 4 aliphatic rings. The molecule has 0 unspecified atom stereocenters. The molecule has 4 N–H and O–H groups in total. The molecule has 0 aliphatic heterocycles. The molecule has 1 aromatic heterocycles. The second-order valence-corrected chi connectivity index (χ2v) is 7.87. The number of nitrogens with zero attached hydrogens (tertiary/aromatic N) is 2. The van der Waals surface area contributed by atoms with Gasteiger partial charge in [-0.25, -0.2) is 5.84 Å². The molecule has 4 bridgehead atoms. The van der Waals surface area contributed by atoms with E-state index in [2.05, 4.69) is 27.0 Å². The van der Waals surface area contributed by atoms with Crippen LogP contribution in [0, 0.1) is 23.2 Å². The average Bonchev–Trinajstić information content (AvgIpc) is 2.54. The van der Waals surface area contributed by atoms with Crippen molar-refractivity contribution in [2.75, 3.05) is 0 Å². The predicted molar refractivity (Wildman–Crippen MR) is 94.4 cm³/mol. The molecule has 1 aromatic rings. The van der Waals surface area contributed by atoms with Crippen molar-refractivity contribution in [3.8, 4) is 0 Å². The van der Waals surface area contributed by atoms with Crippen molar-refractivity contribution < 1.29 is 0 Å². The highest BCUT2D eigenvalue weighted by atomic mass is 32.1. The van der Waals surface area contributed by atoms with Crippen LogP contribution in [0.25, 0.3) is 0 Å². The van der Waals surface area contributed by atoms with Gasteiger partial charge in [0.15, 0.2) is 0 Å². The van der Waals surface area contributed by atoms with Crippen LogP contribution in [0.2, 0.25) is 0 Å². The van der Waals surface area contributed by atoms with Gasteiger partial charge >= 0.3 is 0 Å². The first-order valence-corrected chi connectivity index (χ1v) is 8.85. The van der Waals surface area contributed by atoms with E-state index in [9.17, 15) is 0 Å². The summed E-state index contributed by atoms with van der Waals surface area (Å²) in [5.41, 5.74) is 7.52. The smallest absolute Gasteiger partial charge is 0.201 e. The topological polar surface area (TPSA) is 75.3 Å². The third-order valence-electron chi connectivity index (χ3n) is 5.85. The molecule has 0 radical (unpaired) electrons. The average molecular weight is 329 g/mol. The van der Waals surface area contributed by atoms with Crippen LogP contribution in [0.1, 0.15) is 44.2 Å². The van der Waals surface area contributed by atoms with Gasteiger partial charge in [0.05, 0.1) is 11.4 Å². The van der Waals surface area contributed by atoms with Crippen LogP contribution in [-0.2, 0) is 0 Å². The van der Waals surface area contributed by atoms with Crippen molar-refractivity contribution in [2.24, 2.45) is 34.1 Å². The summed E-state index contributed by atoms with van der Waals surface area (Å²) in [6.07, 6.45) is 9.77. The Balaban J connectivity index is 1.72. The summed E-state index contributed by atoms with van der Waals surface area (Å²) in [4.78, 5) is 4.57. The number of hydrogen-bond donors (Lipinski definition) is 3. The molecule has 5 nitrogen and oxygen atoms in total. The highest BCUT2D eigenvalue weighted by molar-refractivity contribution is 7.80. The summed E-state index contributed by atoms with van der Waals surface area (Å²) in [5, 5.41) is 5.01. The maximum atomic E-state index is 5.36. The van der Waals surface area contributed by atoms with E-state index < -0.39 is 0 Å². The van der Waals surface area contributed by atoms with Crippen LogP contribution in [0.3, 0.4) is 0 Å². The highest BCUT2D eigenvalue weighted by Gasteiger charge is 2.53. The molecule has 0 saturated heterocycles. The minimum atomic E-state index is 0.153. The number of nitrogens with two attached hydrogens (primary N) is 1. The van der Waals surface area contributed by atoms with Gasteiger partial charge in [0.25, 0.3) is 0 Å². The SMILES string of the molecule is NNC(=S)N/N=C(\c1ccccn1)C12CC3CC(CC(C3)C1)C2. The van der Waals surface area contributed by atoms with Gasteiger partial charge in [-0.3, -0.25) is 15.8 Å². The zero-order chi connectivity index (χ0) is 15.9. The highest BCUT2D eigenvalue weighted by Crippen LogP contribution is 2.61. The minimum Gasteiger partial charge on any atom is -0.300 e. The van der Waals surface area contributed by atoms with Crippen LogP contribution in [0.5, 0.6) is 0 Å². The Morgan fingerprint density at radius 2 is 1.83 bits per heavy atom. The number of hydrazine groups is 1. The van der Waals surface area contributed by atoms with Crippen LogP contribution in [-0.4, -0.2) is 15.8 Å². The van der Waals surface area contributed by atoms with Crippen LogP contribution in [0.15, 0.2) is 29.5 Å². The number of thiocarbonyl (C=S) groups is 1. The maximum absolute atomic E-state index is 5.36. The molecular weight excluding hydrogens is 306 g/mol. The van der Waals surface area contributed by atoms with Crippen molar-refractivity contribution in [3.05, 3.63) is 30.1 Å². The molecule has 4 fully saturated rings. The lowest BCUT2D eigenvalue weighted by Gasteiger charge is -2.56. The van der Waals surface area contributed by atoms with Gasteiger partial charge in [0.2, 0.25) is 5.11 Å². The van der Waals surface area contributed by atoms with Gasteiger partial charge in [0, 0.05) is 11.6 Å². The van der Waals surface area contributed by atoms with Crippen molar-refractivity contribution in [3.63, 3.8) is 0 Å². The summed E-state index contributed by atoms with van der Waals surface area (Å²) in [7, 11) is 0. The molecular formula is C17H23N5S. The number of aromatic nitrogens is 1. The molecule has 23 heavy (non-hydrogen) atoms. The van der Waals surface area contributed by atoms with Gasteiger partial charge < -0.3 is 0 Å². The van der Waals surface area contributed by atoms with E-state index >= 15 is 0 Å². The van der Waals surface area contributed by atoms with Crippen molar-refractivity contribution >= 4 is 23.0 Å². The quantitative estimate of drug-likeness (QED) is 0.343. The third kappa shape index (κ3) is 2.74. The lowest BCUT2D eigenvalue weighted by atomic mass is 9.48. The fourth-order valence-corrected chi connectivity index (χ4v) is 5.54. The molecule has 5 rings (SSSR count). The molecule has 0 spiro atoms. The van der Waals surface area contributed by atoms with Crippen LogP contribution >= 0.6 is 12.2 Å². The molecule has 6 heteroatoms. The van der Waals surface area contributed by atoms with Gasteiger partial charge in [-0.1, -0.05) is 6.07 Å². The minimum absolute atomic E-state index is 0.153. The third-order valence-corrected chi connectivity index (χ3v) is 6.06. The van der Waals surface area contributed by atoms with E-state index in [0.29, 0.717) is 5.11 Å². The first-order chi connectivity index (χ1) is 11.2. The van der Waals surface area contributed by atoms with E-state index in [1.165, 1.54) is 38.5 Å². The Morgan fingerprint density at radius 1 is 1.17 bits per heavy atom. The summed E-state index contributed by atoms with van der Waals surface area (Å²) < 4.78 is 0. The van der Waals surface area contributed by atoms with E-state index in [0.717, 1.165) is 29.2 Å². The summed E-state index contributed by atoms with van der Waals surface area (Å²) >= 11 is 5.09. The zero-order valence-electron chi connectivity index (χ0n) is 13.2. The van der Waals surface area contributed by atoms with Crippen molar-refractivity contribution in [1.29, 1.82) is 0 Å². The van der Waals surface area contributed by atoms with Gasteiger partial charge in [-0.05, 0) is 80.6 Å². The van der Waals surface area contributed by atoms with Crippen LogP contribution in [0.4, 0.5) is 0 Å². The summed E-state index contributed by atoms with van der Waals surface area (Å²) in [6, 6.07) is 6.02. The second-order valence-electron chi connectivity index (χ2n) is 7.46. The Bertz CT molecular complexity index is 592. The predicted octanol–water partition coefficient (Wildman–Crippen LogP) is 2.34. The lowest BCUT2D eigenvalue weighted by Crippen LogP contribution is -2.51. The van der Waals surface area contributed by atoms with E-state index in [1.54, 1.807) is 0 Å². The first-order valence-electron chi connectivity index (χ1n) is 8.45. The summed E-state index contributed by atoms with van der Waals surface area (Å²) in [5.74, 6) is 7.93. The van der Waals surface area contributed by atoms with Crippen molar-refractivity contribution in [1.82, 2.24) is 15.8 Å². The van der Waals surface area contributed by atoms with Gasteiger partial charge in [-0.2, -0.15) is 5.10 Å². The Hall–Kier alpha value is -1.53. The van der Waals surface area contributed by atoms with Gasteiger partial charge in [-0.15, -0.1) is 0 Å². The first kappa shape index (κ1) is 15.0. The van der Waals surface area contributed by atoms with E-state index in [4.69, 9.17) is 18.1 Å². The van der Waals surface area contributed by atoms with E-state index in [1.807, 2.05) is 18.3 Å². The zero-order valence-corrected chi connectivity index (χ0v) is 14.0. The molecule has 0 aromatic carbocycles. The van der Waals surface area contributed by atoms with Crippen molar-refractivity contribution in [2.45, 2.75) is 38.5 Å². The molecule has 0 atom stereocenters. The number of hydrogen-bond acceptors (Lipinski definition) is 4. The monoisotopic (exact) mass is 329 g/mol. The van der Waals surface area contributed by atoms with E-state index in [-0.39, 0.29) is 5.41 Å². The van der Waals surface area contributed by atoms with Crippen LogP contribution < -0.4 is 16.7 Å². The maximum Gasteiger partial charge on any atom is 0.201 e. The molecule has 0 amide bonds. The largest absolute Gasteiger partial charge is 0.300 e. The van der Waals surface area contributed by atoms with Gasteiger partial charge in [0.1, 0.15) is 0 Å². The molecule has 122 valence electrons. The fourth-order valence-electron chi connectivity index (χ4n) is 5.49. The normalized spacial score (nSPS) is 35.2. The number of hydrazone groups is 1. The number of pyridine rings is 1.